The van der Waals surface area contributed by atoms with Gasteiger partial charge < -0.3 is 4.74 Å². The molecule has 1 aromatic heterocycles. The minimum Gasteiger partial charge on any atom is -0.404 e. The molecular formula is C8H8F3NO. The highest BCUT2D eigenvalue weighted by atomic mass is 19.4. The maximum Gasteiger partial charge on any atom is 0.573 e. The summed E-state index contributed by atoms with van der Waals surface area (Å²) in [6.45, 7) is 3.23. The van der Waals surface area contributed by atoms with E-state index in [9.17, 15) is 13.2 Å². The molecule has 0 N–H and O–H groups in total. The third-order valence-electron chi connectivity index (χ3n) is 1.65. The number of halogens is 3. The van der Waals surface area contributed by atoms with Crippen LogP contribution < -0.4 is 4.74 Å². The van der Waals surface area contributed by atoms with Gasteiger partial charge in [-0.3, -0.25) is 4.98 Å². The molecular weight excluding hydrogens is 183 g/mol. The molecule has 0 saturated carbocycles. The number of ether oxygens (including phenoxy) is 1. The highest BCUT2D eigenvalue weighted by molar-refractivity contribution is 5.34. The van der Waals surface area contributed by atoms with E-state index in [0.29, 0.717) is 11.1 Å². The van der Waals surface area contributed by atoms with Gasteiger partial charge in [-0.25, -0.2) is 0 Å². The number of pyridine rings is 1. The first-order chi connectivity index (χ1) is 5.90. The van der Waals surface area contributed by atoms with Crippen molar-refractivity contribution >= 4 is 0 Å². The largest absolute Gasteiger partial charge is 0.573 e. The van der Waals surface area contributed by atoms with Crippen LogP contribution in [0.3, 0.4) is 0 Å². The molecule has 1 aromatic rings. The summed E-state index contributed by atoms with van der Waals surface area (Å²) in [5, 5.41) is 0. The Labute approximate surface area is 73.4 Å². The van der Waals surface area contributed by atoms with Gasteiger partial charge >= 0.3 is 6.36 Å². The Balaban J connectivity index is 2.96. The average molecular weight is 191 g/mol. The smallest absolute Gasteiger partial charge is 0.404 e. The van der Waals surface area contributed by atoms with E-state index in [4.69, 9.17) is 0 Å². The first-order valence-corrected chi connectivity index (χ1v) is 3.57. The Kier molecular flexibility index (Phi) is 2.45. The summed E-state index contributed by atoms with van der Waals surface area (Å²) in [6.07, 6.45) is -2.12. The Morgan fingerprint density at radius 2 is 1.85 bits per heavy atom. The maximum atomic E-state index is 11.8. The molecule has 0 bridgehead atoms. The van der Waals surface area contributed by atoms with E-state index in [1.165, 1.54) is 6.20 Å². The van der Waals surface area contributed by atoms with Gasteiger partial charge in [-0.05, 0) is 25.0 Å². The summed E-state index contributed by atoms with van der Waals surface area (Å²) in [4.78, 5) is 3.60. The summed E-state index contributed by atoms with van der Waals surface area (Å²) >= 11 is 0. The standard InChI is InChI=1S/C8H8F3NO/c1-5-3-12-4-7(6(5)2)13-8(9,10)11/h3-4H,1-2H3. The highest BCUT2D eigenvalue weighted by Gasteiger charge is 2.31. The molecule has 0 radical (unpaired) electrons. The molecule has 0 unspecified atom stereocenters. The lowest BCUT2D eigenvalue weighted by molar-refractivity contribution is -0.275. The van der Waals surface area contributed by atoms with Crippen molar-refractivity contribution in [2.24, 2.45) is 0 Å². The highest BCUT2D eigenvalue weighted by Crippen LogP contribution is 2.26. The van der Waals surface area contributed by atoms with Crippen LogP contribution in [0.25, 0.3) is 0 Å². The van der Waals surface area contributed by atoms with Gasteiger partial charge in [0.15, 0.2) is 5.75 Å². The third kappa shape index (κ3) is 2.61. The van der Waals surface area contributed by atoms with Crippen LogP contribution in [-0.4, -0.2) is 11.3 Å². The third-order valence-corrected chi connectivity index (χ3v) is 1.65. The van der Waals surface area contributed by atoms with Crippen LogP contribution in [-0.2, 0) is 0 Å². The Bertz CT molecular complexity index is 309. The normalized spacial score (nSPS) is 11.5. The molecule has 0 aliphatic heterocycles. The molecule has 2 nitrogen and oxygen atoms in total. The Morgan fingerprint density at radius 1 is 1.23 bits per heavy atom. The van der Waals surface area contributed by atoms with Crippen LogP contribution >= 0.6 is 0 Å². The zero-order chi connectivity index (χ0) is 10.1. The van der Waals surface area contributed by atoms with E-state index in [1.54, 1.807) is 13.8 Å². The fourth-order valence-electron chi connectivity index (χ4n) is 0.832. The summed E-state index contributed by atoms with van der Waals surface area (Å²) in [6, 6.07) is 0. The number of aryl methyl sites for hydroxylation is 1. The molecule has 0 saturated heterocycles. The van der Waals surface area contributed by atoms with E-state index >= 15 is 0 Å². The van der Waals surface area contributed by atoms with Crippen molar-refractivity contribution in [3.05, 3.63) is 23.5 Å². The van der Waals surface area contributed by atoms with Crippen molar-refractivity contribution < 1.29 is 17.9 Å². The summed E-state index contributed by atoms with van der Waals surface area (Å²) in [5.41, 5.74) is 1.12. The van der Waals surface area contributed by atoms with Gasteiger partial charge in [-0.1, -0.05) is 0 Å². The van der Waals surface area contributed by atoms with E-state index in [2.05, 4.69) is 9.72 Å². The second-order valence-electron chi connectivity index (χ2n) is 2.63. The molecule has 13 heavy (non-hydrogen) atoms. The number of rotatable bonds is 1. The maximum absolute atomic E-state index is 11.8. The van der Waals surface area contributed by atoms with Crippen LogP contribution in [0, 0.1) is 13.8 Å². The van der Waals surface area contributed by atoms with Crippen molar-refractivity contribution in [3.63, 3.8) is 0 Å². The van der Waals surface area contributed by atoms with Crippen molar-refractivity contribution in [2.75, 3.05) is 0 Å². The first kappa shape index (κ1) is 9.83. The number of alkyl halides is 3. The fourth-order valence-corrected chi connectivity index (χ4v) is 0.832. The molecule has 0 amide bonds. The number of aromatic nitrogens is 1. The van der Waals surface area contributed by atoms with Gasteiger partial charge in [0.2, 0.25) is 0 Å². The van der Waals surface area contributed by atoms with Crippen LogP contribution in [0.4, 0.5) is 13.2 Å². The van der Waals surface area contributed by atoms with Crippen molar-refractivity contribution in [1.82, 2.24) is 4.98 Å². The molecule has 72 valence electrons. The topological polar surface area (TPSA) is 22.1 Å². The van der Waals surface area contributed by atoms with Crippen LogP contribution in [0.5, 0.6) is 5.75 Å². The van der Waals surface area contributed by atoms with Gasteiger partial charge in [-0.15, -0.1) is 13.2 Å². The summed E-state index contributed by atoms with van der Waals surface area (Å²) in [5.74, 6) is -0.243. The van der Waals surface area contributed by atoms with E-state index in [0.717, 1.165) is 6.20 Å². The predicted molar refractivity (Wildman–Crippen MR) is 40.4 cm³/mol. The molecule has 5 heteroatoms. The lowest BCUT2D eigenvalue weighted by atomic mass is 10.2. The molecule has 0 spiro atoms. The lowest BCUT2D eigenvalue weighted by Gasteiger charge is -2.11. The van der Waals surface area contributed by atoms with Gasteiger partial charge in [-0.2, -0.15) is 0 Å². The number of hydrogen-bond acceptors (Lipinski definition) is 2. The number of nitrogens with zero attached hydrogens (tertiary/aromatic N) is 1. The molecule has 0 aromatic carbocycles. The van der Waals surface area contributed by atoms with Crippen molar-refractivity contribution in [3.8, 4) is 5.75 Å². The van der Waals surface area contributed by atoms with Crippen LogP contribution in [0.15, 0.2) is 12.4 Å². The molecule has 0 atom stereocenters. The second-order valence-corrected chi connectivity index (χ2v) is 2.63. The van der Waals surface area contributed by atoms with Crippen molar-refractivity contribution in [2.45, 2.75) is 20.2 Å². The van der Waals surface area contributed by atoms with Gasteiger partial charge in [0.05, 0.1) is 6.20 Å². The summed E-state index contributed by atoms with van der Waals surface area (Å²) in [7, 11) is 0. The molecule has 0 aliphatic rings. The van der Waals surface area contributed by atoms with Gasteiger partial charge in [0.25, 0.3) is 0 Å². The first-order valence-electron chi connectivity index (χ1n) is 3.57. The fraction of sp³-hybridized carbons (Fsp3) is 0.375. The van der Waals surface area contributed by atoms with E-state index in [1.807, 2.05) is 0 Å². The average Bonchev–Trinajstić information content (AvgIpc) is 1.96. The molecule has 1 rings (SSSR count). The van der Waals surface area contributed by atoms with Crippen LogP contribution in [0.2, 0.25) is 0 Å². The predicted octanol–water partition coefficient (Wildman–Crippen LogP) is 2.60. The minimum absolute atomic E-state index is 0.243. The summed E-state index contributed by atoms with van der Waals surface area (Å²) < 4.78 is 39.2. The Hall–Kier alpha value is -1.26. The quantitative estimate of drug-likeness (QED) is 0.680. The molecule has 0 aliphatic carbocycles. The second kappa shape index (κ2) is 3.24. The van der Waals surface area contributed by atoms with Gasteiger partial charge in [0.1, 0.15) is 0 Å². The van der Waals surface area contributed by atoms with Crippen LogP contribution in [0.1, 0.15) is 11.1 Å². The molecule has 0 fully saturated rings. The zero-order valence-electron chi connectivity index (χ0n) is 7.14. The SMILES string of the molecule is Cc1cncc(OC(F)(F)F)c1C. The number of hydrogen-bond donors (Lipinski definition) is 0. The minimum atomic E-state index is -4.65. The zero-order valence-corrected chi connectivity index (χ0v) is 7.14. The lowest BCUT2D eigenvalue weighted by Crippen LogP contribution is -2.18. The van der Waals surface area contributed by atoms with Crippen molar-refractivity contribution in [1.29, 1.82) is 0 Å². The Morgan fingerprint density at radius 3 is 2.38 bits per heavy atom. The monoisotopic (exact) mass is 191 g/mol. The van der Waals surface area contributed by atoms with Gasteiger partial charge in [0, 0.05) is 6.20 Å². The van der Waals surface area contributed by atoms with E-state index < -0.39 is 6.36 Å². The van der Waals surface area contributed by atoms with E-state index in [-0.39, 0.29) is 5.75 Å². The molecule has 1 heterocycles.